The van der Waals surface area contributed by atoms with Crippen molar-refractivity contribution in [1.29, 1.82) is 0 Å². The molecule has 1 fully saturated rings. The average Bonchev–Trinajstić information content (AvgIpc) is 2.97. The number of carbonyl (C=O) groups is 1. The Morgan fingerprint density at radius 3 is 2.67 bits per heavy atom. The van der Waals surface area contributed by atoms with Crippen molar-refractivity contribution >= 4 is 11.7 Å². The smallest absolute Gasteiger partial charge is 0.258 e. The lowest BCUT2D eigenvalue weighted by molar-refractivity contribution is 0.0473. The summed E-state index contributed by atoms with van der Waals surface area (Å²) in [6, 6.07) is 5.03. The lowest BCUT2D eigenvalue weighted by atomic mass is 9.99. The van der Waals surface area contributed by atoms with Gasteiger partial charge in [0.1, 0.15) is 29.7 Å². The Labute approximate surface area is 243 Å². The highest BCUT2D eigenvalue weighted by Gasteiger charge is 2.29. The molecule has 1 unspecified atom stereocenters. The number of pyridine rings is 1. The Balaban J connectivity index is 1.31. The van der Waals surface area contributed by atoms with E-state index in [0.717, 1.165) is 59.8 Å². The molecule has 0 aliphatic carbocycles. The van der Waals surface area contributed by atoms with Crippen molar-refractivity contribution in [1.82, 2.24) is 25.2 Å². The zero-order valence-electron chi connectivity index (χ0n) is 23.9. The molecule has 12 heteroatoms. The van der Waals surface area contributed by atoms with Gasteiger partial charge >= 0.3 is 0 Å². The number of anilines is 1. The summed E-state index contributed by atoms with van der Waals surface area (Å²) in [6.45, 7) is 6.74. The number of amides is 1. The van der Waals surface area contributed by atoms with E-state index in [0.29, 0.717) is 18.9 Å². The van der Waals surface area contributed by atoms with E-state index in [1.165, 1.54) is 18.6 Å². The van der Waals surface area contributed by atoms with Crippen LogP contribution < -0.4 is 19.7 Å². The number of carbonyl (C=O) groups excluding carboxylic acids is 1. The number of alkyl halides is 2. The summed E-state index contributed by atoms with van der Waals surface area (Å²) in [5, 5.41) is 3.47. The van der Waals surface area contributed by atoms with Crippen molar-refractivity contribution in [3.63, 3.8) is 0 Å². The fraction of sp³-hybridized carbons (Fsp3) is 0.467. The molecule has 1 amide bonds. The minimum absolute atomic E-state index is 0.00579. The van der Waals surface area contributed by atoms with Crippen molar-refractivity contribution in [2.45, 2.75) is 64.6 Å². The fourth-order valence-corrected chi connectivity index (χ4v) is 5.46. The first kappa shape index (κ1) is 29.6. The highest BCUT2D eigenvalue weighted by molar-refractivity contribution is 5.97. The number of benzene rings is 1. The number of hydrogen-bond acceptors (Lipinski definition) is 8. The molecule has 0 radical (unpaired) electrons. The number of fused-ring (bicyclic) bond motifs is 1. The van der Waals surface area contributed by atoms with E-state index in [-0.39, 0.29) is 29.2 Å². The monoisotopic (exact) mass is 584 g/mol. The first-order chi connectivity index (χ1) is 20.2. The van der Waals surface area contributed by atoms with Gasteiger partial charge < -0.3 is 24.6 Å². The lowest BCUT2D eigenvalue weighted by Crippen LogP contribution is -2.40. The summed E-state index contributed by atoms with van der Waals surface area (Å²) in [5.74, 6) is 0.239. The van der Waals surface area contributed by atoms with Gasteiger partial charge in [-0.2, -0.15) is 0 Å². The van der Waals surface area contributed by atoms with E-state index in [2.05, 4.69) is 27.2 Å². The maximum atomic E-state index is 14.2. The van der Waals surface area contributed by atoms with Gasteiger partial charge in [0.05, 0.1) is 24.0 Å². The first-order valence-electron chi connectivity index (χ1n) is 14.2. The van der Waals surface area contributed by atoms with Gasteiger partial charge in [0, 0.05) is 62.7 Å². The molecule has 0 bridgehead atoms. The molecule has 5 rings (SSSR count). The van der Waals surface area contributed by atoms with E-state index in [1.807, 2.05) is 11.0 Å². The summed E-state index contributed by atoms with van der Waals surface area (Å²) in [4.78, 5) is 29.3. The van der Waals surface area contributed by atoms with Crippen LogP contribution >= 0.6 is 0 Å². The third kappa shape index (κ3) is 6.59. The maximum Gasteiger partial charge on any atom is 0.258 e. The molecule has 1 saturated heterocycles. The third-order valence-electron chi connectivity index (χ3n) is 7.58. The largest absolute Gasteiger partial charge is 0.490 e. The summed E-state index contributed by atoms with van der Waals surface area (Å²) < 4.78 is 53.2. The quantitative estimate of drug-likeness (QED) is 0.368. The molecule has 224 valence electrons. The molecule has 4 heterocycles. The Kier molecular flexibility index (Phi) is 9.10. The number of nitrogens with one attached hydrogen (secondary N) is 1. The van der Waals surface area contributed by atoms with Crippen molar-refractivity contribution in [2.24, 2.45) is 0 Å². The minimum Gasteiger partial charge on any atom is -0.490 e. The Morgan fingerprint density at radius 1 is 1.14 bits per heavy atom. The number of ether oxygens (including phenoxy) is 2. The Hall–Kier alpha value is -3.93. The van der Waals surface area contributed by atoms with E-state index in [9.17, 15) is 18.0 Å². The summed E-state index contributed by atoms with van der Waals surface area (Å²) >= 11 is 0. The average molecular weight is 585 g/mol. The van der Waals surface area contributed by atoms with E-state index < -0.39 is 30.7 Å². The molecule has 2 aromatic heterocycles. The minimum atomic E-state index is -2.74. The van der Waals surface area contributed by atoms with Crippen molar-refractivity contribution in [3.05, 3.63) is 65.6 Å². The van der Waals surface area contributed by atoms with Gasteiger partial charge in [0.2, 0.25) is 0 Å². The zero-order valence-corrected chi connectivity index (χ0v) is 23.9. The molecule has 2 aliphatic heterocycles. The van der Waals surface area contributed by atoms with Gasteiger partial charge in [0.25, 0.3) is 12.3 Å². The number of rotatable bonds is 9. The van der Waals surface area contributed by atoms with Crippen molar-refractivity contribution in [2.75, 3.05) is 31.1 Å². The standard InChI is InChI=1S/C30H35F3N6O3/c1-18(2)39(16-27(32)33)30(40)22-14-20(31)4-5-24(22)42-26-15-34-17-37-29(26)38-12-8-21(9-13-38)41-25-7-11-36-23-6-10-35-19(3)28(23)25/h4-5,7,11,14-15,17-19,21,27,35H,6,8-10,12-13,16H2,1-3H3. The molecule has 0 saturated carbocycles. The molecular weight excluding hydrogens is 549 g/mol. The van der Waals surface area contributed by atoms with Crippen molar-refractivity contribution in [3.8, 4) is 17.2 Å². The van der Waals surface area contributed by atoms with Crippen LogP contribution in [0.3, 0.4) is 0 Å². The maximum absolute atomic E-state index is 14.2. The second kappa shape index (κ2) is 12.9. The van der Waals surface area contributed by atoms with E-state index >= 15 is 0 Å². The summed E-state index contributed by atoms with van der Waals surface area (Å²) in [7, 11) is 0. The van der Waals surface area contributed by atoms with Crippen LogP contribution in [0.2, 0.25) is 0 Å². The highest BCUT2D eigenvalue weighted by atomic mass is 19.3. The van der Waals surface area contributed by atoms with E-state index in [1.54, 1.807) is 20.0 Å². The first-order valence-corrected chi connectivity index (χ1v) is 14.2. The molecule has 1 atom stereocenters. The highest BCUT2D eigenvalue weighted by Crippen LogP contribution is 2.36. The van der Waals surface area contributed by atoms with E-state index in [4.69, 9.17) is 9.47 Å². The molecule has 1 N–H and O–H groups in total. The van der Waals surface area contributed by atoms with Gasteiger partial charge in [-0.3, -0.25) is 9.78 Å². The second-order valence-corrected chi connectivity index (χ2v) is 10.8. The van der Waals surface area contributed by atoms with Crippen LogP contribution in [0.15, 0.2) is 43.0 Å². The summed E-state index contributed by atoms with van der Waals surface area (Å²) in [6.07, 6.45) is 4.29. The lowest BCUT2D eigenvalue weighted by Gasteiger charge is -2.34. The van der Waals surface area contributed by atoms with Crippen LogP contribution in [0.5, 0.6) is 17.2 Å². The Bertz CT molecular complexity index is 1400. The number of halogens is 3. The van der Waals surface area contributed by atoms with Crippen LogP contribution in [-0.4, -0.2) is 70.5 Å². The molecule has 0 spiro atoms. The molecule has 2 aliphatic rings. The zero-order chi connectivity index (χ0) is 29.8. The van der Waals surface area contributed by atoms with Crippen LogP contribution in [-0.2, 0) is 6.42 Å². The van der Waals surface area contributed by atoms with Gasteiger partial charge in [0.15, 0.2) is 11.6 Å². The molecular formula is C30H35F3N6O3. The van der Waals surface area contributed by atoms with Crippen LogP contribution in [0, 0.1) is 5.82 Å². The van der Waals surface area contributed by atoms with Crippen LogP contribution in [0.4, 0.5) is 19.0 Å². The molecule has 42 heavy (non-hydrogen) atoms. The van der Waals surface area contributed by atoms with Gasteiger partial charge in [-0.1, -0.05) is 0 Å². The third-order valence-corrected chi connectivity index (χ3v) is 7.58. The van der Waals surface area contributed by atoms with Gasteiger partial charge in [-0.15, -0.1) is 0 Å². The fourth-order valence-electron chi connectivity index (χ4n) is 5.46. The second-order valence-electron chi connectivity index (χ2n) is 10.8. The number of aromatic nitrogens is 3. The van der Waals surface area contributed by atoms with Crippen LogP contribution in [0.1, 0.15) is 61.3 Å². The summed E-state index contributed by atoms with van der Waals surface area (Å²) in [5.41, 5.74) is 2.03. The number of nitrogens with zero attached hydrogens (tertiary/aromatic N) is 5. The van der Waals surface area contributed by atoms with Crippen molar-refractivity contribution < 1.29 is 27.4 Å². The number of hydrogen-bond donors (Lipinski definition) is 1. The number of piperidine rings is 1. The SMILES string of the molecule is CC1NCCc2nccc(OC3CCN(c4ncncc4Oc4ccc(F)cc4C(=O)N(CC(F)F)C(C)C)CC3)c21. The predicted octanol–water partition coefficient (Wildman–Crippen LogP) is 5.17. The van der Waals surface area contributed by atoms with Gasteiger partial charge in [-0.05, 0) is 45.0 Å². The Morgan fingerprint density at radius 2 is 1.93 bits per heavy atom. The molecule has 3 aromatic rings. The molecule has 1 aromatic carbocycles. The molecule has 9 nitrogen and oxygen atoms in total. The van der Waals surface area contributed by atoms with Gasteiger partial charge in [-0.25, -0.2) is 23.1 Å². The normalized spacial score (nSPS) is 17.3. The van der Waals surface area contributed by atoms with Crippen LogP contribution in [0.25, 0.3) is 0 Å². The topological polar surface area (TPSA) is 92.7 Å². The predicted molar refractivity (Wildman–Crippen MR) is 151 cm³/mol.